The summed E-state index contributed by atoms with van der Waals surface area (Å²) >= 11 is 1.29. The number of rotatable bonds is 5. The monoisotopic (exact) mass is 370 g/mol. The van der Waals surface area contributed by atoms with E-state index in [9.17, 15) is 14.7 Å². The van der Waals surface area contributed by atoms with Crippen molar-refractivity contribution in [3.05, 3.63) is 46.7 Å². The number of amides is 2. The van der Waals surface area contributed by atoms with Gasteiger partial charge in [-0.1, -0.05) is 24.3 Å². The van der Waals surface area contributed by atoms with E-state index in [1.165, 1.54) is 11.3 Å². The first-order valence-corrected chi connectivity index (χ1v) is 8.95. The van der Waals surface area contributed by atoms with Gasteiger partial charge in [0, 0.05) is 11.4 Å². The van der Waals surface area contributed by atoms with Crippen LogP contribution in [-0.4, -0.2) is 28.0 Å². The van der Waals surface area contributed by atoms with Crippen molar-refractivity contribution in [2.24, 2.45) is 10.2 Å². The van der Waals surface area contributed by atoms with Crippen LogP contribution in [0.4, 0.5) is 5.69 Å². The van der Waals surface area contributed by atoms with Crippen LogP contribution in [0.3, 0.4) is 0 Å². The summed E-state index contributed by atoms with van der Waals surface area (Å²) in [5.41, 5.74) is 1.06. The van der Waals surface area contributed by atoms with Crippen LogP contribution in [0.5, 0.6) is 5.88 Å². The maximum Gasteiger partial charge on any atom is 0.283 e. The van der Waals surface area contributed by atoms with Gasteiger partial charge in [-0.2, -0.15) is 0 Å². The first-order valence-electron chi connectivity index (χ1n) is 8.07. The van der Waals surface area contributed by atoms with E-state index in [1.54, 1.807) is 22.1 Å². The fourth-order valence-corrected chi connectivity index (χ4v) is 3.29. The quantitative estimate of drug-likeness (QED) is 0.664. The number of benzene rings is 1. The highest BCUT2D eigenvalue weighted by atomic mass is 32.1. The summed E-state index contributed by atoms with van der Waals surface area (Å²) in [7, 11) is 0. The Bertz CT molecular complexity index is 974. The molecule has 2 N–H and O–H groups in total. The Morgan fingerprint density at radius 2 is 2.00 bits per heavy atom. The van der Waals surface area contributed by atoms with E-state index in [0.717, 1.165) is 5.52 Å². The summed E-state index contributed by atoms with van der Waals surface area (Å²) in [6.45, 7) is 3.63. The molecular formula is C18H18N4O3S. The van der Waals surface area contributed by atoms with Crippen LogP contribution in [0.15, 0.2) is 52.0 Å². The van der Waals surface area contributed by atoms with Crippen molar-refractivity contribution in [3.8, 4) is 5.88 Å². The van der Waals surface area contributed by atoms with E-state index in [2.05, 4.69) is 15.5 Å². The number of para-hydroxylation sites is 1. The smallest absolute Gasteiger partial charge is 0.283 e. The third-order valence-electron chi connectivity index (χ3n) is 3.78. The van der Waals surface area contributed by atoms with Crippen molar-refractivity contribution >= 4 is 39.7 Å². The lowest BCUT2D eigenvalue weighted by molar-refractivity contribution is -0.117. The second kappa shape index (κ2) is 7.49. The highest BCUT2D eigenvalue weighted by molar-refractivity contribution is 7.12. The molecule has 2 heterocycles. The number of hydrogen-bond acceptors (Lipinski definition) is 5. The van der Waals surface area contributed by atoms with Gasteiger partial charge in [-0.05, 0) is 31.4 Å². The first kappa shape index (κ1) is 17.8. The van der Waals surface area contributed by atoms with Gasteiger partial charge in [-0.15, -0.1) is 21.6 Å². The summed E-state index contributed by atoms with van der Waals surface area (Å²) in [6.07, 6.45) is 0. The Balaban J connectivity index is 1.77. The minimum Gasteiger partial charge on any atom is -0.493 e. The molecule has 2 aromatic heterocycles. The fraction of sp³-hybridized carbons (Fsp3) is 0.222. The largest absolute Gasteiger partial charge is 0.493 e. The molecule has 0 aliphatic heterocycles. The maximum absolute atomic E-state index is 11.9. The molecule has 0 aliphatic rings. The number of carbonyl (C=O) groups excluding carboxylic acids is 2. The van der Waals surface area contributed by atoms with E-state index < -0.39 is 5.91 Å². The molecule has 2 amide bonds. The Hall–Kier alpha value is -3.00. The number of thiophene rings is 1. The van der Waals surface area contributed by atoms with Crippen molar-refractivity contribution < 1.29 is 14.7 Å². The van der Waals surface area contributed by atoms with Crippen molar-refractivity contribution in [1.82, 2.24) is 9.88 Å². The summed E-state index contributed by atoms with van der Waals surface area (Å²) < 4.78 is 1.73. The molecule has 0 aliphatic carbocycles. The average Bonchev–Trinajstić information content (AvgIpc) is 3.24. The third kappa shape index (κ3) is 3.50. The number of aromatic nitrogens is 1. The zero-order chi connectivity index (χ0) is 18.7. The van der Waals surface area contributed by atoms with Gasteiger partial charge in [0.1, 0.15) is 6.54 Å². The Labute approximate surface area is 154 Å². The molecule has 0 atom stereocenters. The topological polar surface area (TPSA) is 96.0 Å². The van der Waals surface area contributed by atoms with Gasteiger partial charge in [0.25, 0.3) is 11.8 Å². The second-order valence-electron chi connectivity index (χ2n) is 5.91. The molecule has 7 nitrogen and oxygen atoms in total. The Kier molecular flexibility index (Phi) is 5.13. The van der Waals surface area contributed by atoms with Gasteiger partial charge in [0.05, 0.1) is 10.4 Å². The lowest BCUT2D eigenvalue weighted by atomic mass is 10.2. The second-order valence-corrected chi connectivity index (χ2v) is 6.85. The highest BCUT2D eigenvalue weighted by Gasteiger charge is 2.18. The van der Waals surface area contributed by atoms with Crippen LogP contribution in [0.1, 0.15) is 29.6 Å². The van der Waals surface area contributed by atoms with Crippen molar-refractivity contribution in [2.75, 3.05) is 6.54 Å². The van der Waals surface area contributed by atoms with Gasteiger partial charge >= 0.3 is 0 Å². The normalized spacial score (nSPS) is 11.5. The molecule has 0 spiro atoms. The van der Waals surface area contributed by atoms with E-state index in [4.69, 9.17) is 0 Å². The summed E-state index contributed by atoms with van der Waals surface area (Å²) in [6, 6.07) is 10.8. The number of fused-ring (bicyclic) bond motifs is 1. The predicted octanol–water partition coefficient (Wildman–Crippen LogP) is 4.03. The number of azo groups is 1. The fourth-order valence-electron chi connectivity index (χ4n) is 2.65. The van der Waals surface area contributed by atoms with Gasteiger partial charge in [0.2, 0.25) is 5.88 Å². The minimum absolute atomic E-state index is 0.0182. The molecule has 134 valence electrons. The Morgan fingerprint density at radius 1 is 1.23 bits per heavy atom. The molecule has 0 bridgehead atoms. The molecule has 1 aromatic carbocycles. The van der Waals surface area contributed by atoms with Crippen LogP contribution >= 0.6 is 11.3 Å². The predicted molar refractivity (Wildman–Crippen MR) is 100 cm³/mol. The number of nitrogens with one attached hydrogen (secondary N) is 1. The summed E-state index contributed by atoms with van der Waals surface area (Å²) in [4.78, 5) is 24.3. The van der Waals surface area contributed by atoms with Gasteiger partial charge in [-0.3, -0.25) is 9.59 Å². The standard InChI is InChI=1S/C18H18N4O3S/c1-11(2)22-13-7-4-3-6-12(13)16(18(22)25)21-20-15(23)10-19-17(24)14-8-5-9-26-14/h3-9,11,25H,10H2,1-2H3,(H,19,24). The molecule has 0 radical (unpaired) electrons. The summed E-state index contributed by atoms with van der Waals surface area (Å²) in [5, 5.41) is 23.0. The van der Waals surface area contributed by atoms with E-state index >= 15 is 0 Å². The minimum atomic E-state index is -0.601. The molecule has 3 rings (SSSR count). The maximum atomic E-state index is 11.9. The SMILES string of the molecule is CC(C)n1c(O)c(N=NC(=O)CNC(=O)c2cccs2)c2ccccc21. The molecule has 0 fully saturated rings. The van der Waals surface area contributed by atoms with Crippen LogP contribution < -0.4 is 5.32 Å². The van der Waals surface area contributed by atoms with Crippen molar-refractivity contribution in [3.63, 3.8) is 0 Å². The van der Waals surface area contributed by atoms with Crippen LogP contribution in [-0.2, 0) is 4.79 Å². The molecular weight excluding hydrogens is 352 g/mol. The van der Waals surface area contributed by atoms with Crippen LogP contribution in [0, 0.1) is 0 Å². The zero-order valence-electron chi connectivity index (χ0n) is 14.3. The molecule has 26 heavy (non-hydrogen) atoms. The number of aromatic hydroxyl groups is 1. The number of carbonyl (C=O) groups is 2. The van der Waals surface area contributed by atoms with Crippen LogP contribution in [0.2, 0.25) is 0 Å². The summed E-state index contributed by atoms with van der Waals surface area (Å²) in [5.74, 6) is -0.973. The molecule has 8 heteroatoms. The lowest BCUT2D eigenvalue weighted by Crippen LogP contribution is -2.27. The van der Waals surface area contributed by atoms with Crippen LogP contribution in [0.25, 0.3) is 10.9 Å². The zero-order valence-corrected chi connectivity index (χ0v) is 15.2. The van der Waals surface area contributed by atoms with Gasteiger partial charge < -0.3 is 15.0 Å². The molecule has 0 unspecified atom stereocenters. The Morgan fingerprint density at radius 3 is 2.69 bits per heavy atom. The van der Waals surface area contributed by atoms with E-state index in [1.807, 2.05) is 38.1 Å². The van der Waals surface area contributed by atoms with Gasteiger partial charge in [-0.25, -0.2) is 0 Å². The van der Waals surface area contributed by atoms with Gasteiger partial charge in [0.15, 0.2) is 5.69 Å². The molecule has 0 saturated heterocycles. The average molecular weight is 370 g/mol. The molecule has 0 saturated carbocycles. The van der Waals surface area contributed by atoms with E-state index in [-0.39, 0.29) is 30.1 Å². The first-order chi connectivity index (χ1) is 12.5. The molecule has 3 aromatic rings. The highest BCUT2D eigenvalue weighted by Crippen LogP contribution is 2.40. The number of hydrogen-bond donors (Lipinski definition) is 2. The number of nitrogens with zero attached hydrogens (tertiary/aromatic N) is 3. The van der Waals surface area contributed by atoms with Crippen molar-refractivity contribution in [1.29, 1.82) is 0 Å². The van der Waals surface area contributed by atoms with E-state index in [0.29, 0.717) is 10.3 Å². The van der Waals surface area contributed by atoms with Crippen molar-refractivity contribution in [2.45, 2.75) is 19.9 Å². The lowest BCUT2D eigenvalue weighted by Gasteiger charge is -2.10. The third-order valence-corrected chi connectivity index (χ3v) is 4.65.